The third kappa shape index (κ3) is 3.85. The van der Waals surface area contributed by atoms with Crippen LogP contribution in [0, 0.1) is 25.2 Å². The molecule has 1 aromatic rings. The number of aryl methyl sites for hydroxylation is 2. The highest BCUT2D eigenvalue weighted by molar-refractivity contribution is 5.31. The van der Waals surface area contributed by atoms with Gasteiger partial charge in [0.1, 0.15) is 0 Å². The zero-order valence-corrected chi connectivity index (χ0v) is 12.2. The van der Waals surface area contributed by atoms with E-state index >= 15 is 0 Å². The molecular weight excluding hydrogens is 206 g/mol. The molecule has 0 aliphatic heterocycles. The molecule has 2 N–H and O–H groups in total. The summed E-state index contributed by atoms with van der Waals surface area (Å²) in [6.07, 6.45) is 1.05. The first-order valence-corrected chi connectivity index (χ1v) is 6.54. The smallest absolute Gasteiger partial charge is 0.0297 e. The summed E-state index contributed by atoms with van der Waals surface area (Å²) >= 11 is 0. The van der Waals surface area contributed by atoms with Gasteiger partial charge < -0.3 is 5.73 Å². The van der Waals surface area contributed by atoms with E-state index in [4.69, 9.17) is 5.73 Å². The van der Waals surface area contributed by atoms with E-state index in [2.05, 4.69) is 59.7 Å². The highest BCUT2D eigenvalue weighted by Gasteiger charge is 2.22. The van der Waals surface area contributed by atoms with E-state index in [9.17, 15) is 0 Å². The van der Waals surface area contributed by atoms with Crippen LogP contribution in [0.4, 0.5) is 0 Å². The Balaban J connectivity index is 2.76. The van der Waals surface area contributed by atoms with E-state index in [0.717, 1.165) is 6.42 Å². The SMILES string of the molecule is Cc1ccc(C(N)CC(C)C(C)(C)C)cc1C. The number of benzene rings is 1. The van der Waals surface area contributed by atoms with Gasteiger partial charge >= 0.3 is 0 Å². The maximum Gasteiger partial charge on any atom is 0.0297 e. The van der Waals surface area contributed by atoms with Gasteiger partial charge in [-0.1, -0.05) is 45.9 Å². The first kappa shape index (κ1) is 14.2. The van der Waals surface area contributed by atoms with Crippen LogP contribution in [-0.2, 0) is 0 Å². The van der Waals surface area contributed by atoms with Gasteiger partial charge in [0.05, 0.1) is 0 Å². The van der Waals surface area contributed by atoms with Gasteiger partial charge in [0, 0.05) is 6.04 Å². The van der Waals surface area contributed by atoms with Crippen molar-refractivity contribution < 1.29 is 0 Å². The van der Waals surface area contributed by atoms with E-state index in [0.29, 0.717) is 11.3 Å². The molecule has 0 aliphatic rings. The van der Waals surface area contributed by atoms with Crippen molar-refractivity contribution >= 4 is 0 Å². The lowest BCUT2D eigenvalue weighted by Gasteiger charge is -2.29. The third-order valence-electron chi connectivity index (χ3n) is 4.05. The van der Waals surface area contributed by atoms with Gasteiger partial charge in [-0.15, -0.1) is 0 Å². The monoisotopic (exact) mass is 233 g/mol. The maximum absolute atomic E-state index is 6.31. The fourth-order valence-corrected chi connectivity index (χ4v) is 1.87. The summed E-state index contributed by atoms with van der Waals surface area (Å²) in [6.45, 7) is 13.4. The first-order valence-electron chi connectivity index (χ1n) is 6.54. The molecule has 0 spiro atoms. The molecule has 17 heavy (non-hydrogen) atoms. The fraction of sp³-hybridized carbons (Fsp3) is 0.625. The topological polar surface area (TPSA) is 26.0 Å². The third-order valence-corrected chi connectivity index (χ3v) is 4.05. The Labute approximate surface area is 106 Å². The predicted octanol–water partition coefficient (Wildman–Crippen LogP) is 4.38. The highest BCUT2D eigenvalue weighted by atomic mass is 14.6. The molecule has 2 unspecified atom stereocenters. The zero-order valence-electron chi connectivity index (χ0n) is 12.2. The second kappa shape index (κ2) is 5.22. The van der Waals surface area contributed by atoms with E-state index in [1.807, 2.05) is 0 Å². The van der Waals surface area contributed by atoms with Crippen LogP contribution in [0.3, 0.4) is 0 Å². The molecule has 0 heterocycles. The molecule has 96 valence electrons. The molecule has 0 saturated carbocycles. The zero-order chi connectivity index (χ0) is 13.2. The first-order chi connectivity index (χ1) is 7.71. The minimum Gasteiger partial charge on any atom is -0.324 e. The van der Waals surface area contributed by atoms with Crippen molar-refractivity contribution in [1.82, 2.24) is 0 Å². The van der Waals surface area contributed by atoms with Gasteiger partial charge in [0.2, 0.25) is 0 Å². The minimum absolute atomic E-state index is 0.156. The number of rotatable bonds is 3. The molecule has 0 fully saturated rings. The maximum atomic E-state index is 6.31. The quantitative estimate of drug-likeness (QED) is 0.824. The standard InChI is InChI=1S/C16H27N/c1-11-7-8-14(9-12(11)2)15(17)10-13(3)16(4,5)6/h7-9,13,15H,10,17H2,1-6H3. The van der Waals surface area contributed by atoms with Gasteiger partial charge in [0.15, 0.2) is 0 Å². The molecule has 0 bridgehead atoms. The van der Waals surface area contributed by atoms with Gasteiger partial charge in [-0.05, 0) is 48.3 Å². The number of hydrogen-bond acceptors (Lipinski definition) is 1. The summed E-state index contributed by atoms with van der Waals surface area (Å²) in [7, 11) is 0. The van der Waals surface area contributed by atoms with E-state index in [-0.39, 0.29) is 6.04 Å². The van der Waals surface area contributed by atoms with E-state index < -0.39 is 0 Å². The molecule has 0 amide bonds. The molecular formula is C16H27N. The van der Waals surface area contributed by atoms with Crippen LogP contribution < -0.4 is 5.73 Å². The Morgan fingerprint density at radius 1 is 1.12 bits per heavy atom. The average Bonchev–Trinajstić information content (AvgIpc) is 2.20. The lowest BCUT2D eigenvalue weighted by molar-refractivity contribution is 0.234. The van der Waals surface area contributed by atoms with Crippen LogP contribution in [0.5, 0.6) is 0 Å². The molecule has 1 rings (SSSR count). The average molecular weight is 233 g/mol. The lowest BCUT2D eigenvalue weighted by atomic mass is 9.77. The van der Waals surface area contributed by atoms with Gasteiger partial charge in [-0.2, -0.15) is 0 Å². The minimum atomic E-state index is 0.156. The summed E-state index contributed by atoms with van der Waals surface area (Å²) in [6, 6.07) is 6.73. The normalized spacial score (nSPS) is 15.7. The molecule has 1 nitrogen and oxygen atoms in total. The summed E-state index contributed by atoms with van der Waals surface area (Å²) in [5.41, 5.74) is 10.6. The van der Waals surface area contributed by atoms with Crippen LogP contribution in [-0.4, -0.2) is 0 Å². The van der Waals surface area contributed by atoms with Crippen LogP contribution in [0.2, 0.25) is 0 Å². The lowest BCUT2D eigenvalue weighted by Crippen LogP contribution is -2.23. The van der Waals surface area contributed by atoms with Gasteiger partial charge in [0.25, 0.3) is 0 Å². The number of hydrogen-bond donors (Lipinski definition) is 1. The molecule has 0 aromatic heterocycles. The van der Waals surface area contributed by atoms with E-state index in [1.165, 1.54) is 16.7 Å². The largest absolute Gasteiger partial charge is 0.324 e. The summed E-state index contributed by atoms with van der Waals surface area (Å²) < 4.78 is 0. The summed E-state index contributed by atoms with van der Waals surface area (Å²) in [5.74, 6) is 0.624. The Morgan fingerprint density at radius 2 is 1.71 bits per heavy atom. The fourth-order valence-electron chi connectivity index (χ4n) is 1.87. The molecule has 0 saturated heterocycles. The van der Waals surface area contributed by atoms with Gasteiger partial charge in [-0.3, -0.25) is 0 Å². The Hall–Kier alpha value is -0.820. The predicted molar refractivity (Wildman–Crippen MR) is 76.1 cm³/mol. The van der Waals surface area contributed by atoms with Crippen LogP contribution in [0.15, 0.2) is 18.2 Å². The highest BCUT2D eigenvalue weighted by Crippen LogP contribution is 2.32. The van der Waals surface area contributed by atoms with Crippen LogP contribution in [0.1, 0.15) is 56.8 Å². The second-order valence-electron chi connectivity index (χ2n) is 6.45. The summed E-state index contributed by atoms with van der Waals surface area (Å²) in [4.78, 5) is 0. The van der Waals surface area contributed by atoms with Gasteiger partial charge in [-0.25, -0.2) is 0 Å². The van der Waals surface area contributed by atoms with Crippen molar-refractivity contribution in [3.05, 3.63) is 34.9 Å². The second-order valence-corrected chi connectivity index (χ2v) is 6.45. The van der Waals surface area contributed by atoms with Crippen molar-refractivity contribution in [1.29, 1.82) is 0 Å². The van der Waals surface area contributed by atoms with Crippen molar-refractivity contribution in [2.24, 2.45) is 17.1 Å². The van der Waals surface area contributed by atoms with Crippen LogP contribution >= 0.6 is 0 Å². The van der Waals surface area contributed by atoms with Crippen LogP contribution in [0.25, 0.3) is 0 Å². The Bertz CT molecular complexity index is 374. The Morgan fingerprint density at radius 3 is 2.18 bits per heavy atom. The molecule has 2 atom stereocenters. The molecule has 1 heteroatoms. The number of nitrogens with two attached hydrogens (primary N) is 1. The Kier molecular flexibility index (Phi) is 4.37. The van der Waals surface area contributed by atoms with Crippen molar-refractivity contribution in [3.8, 4) is 0 Å². The van der Waals surface area contributed by atoms with Crippen molar-refractivity contribution in [3.63, 3.8) is 0 Å². The molecule has 0 radical (unpaired) electrons. The summed E-state index contributed by atoms with van der Waals surface area (Å²) in [5, 5.41) is 0. The van der Waals surface area contributed by atoms with Crippen molar-refractivity contribution in [2.75, 3.05) is 0 Å². The molecule has 1 aromatic carbocycles. The molecule has 0 aliphatic carbocycles. The van der Waals surface area contributed by atoms with Crippen molar-refractivity contribution in [2.45, 2.75) is 54.0 Å². The van der Waals surface area contributed by atoms with E-state index in [1.54, 1.807) is 0 Å².